The van der Waals surface area contributed by atoms with Crippen molar-refractivity contribution in [1.29, 1.82) is 0 Å². The molecule has 2 fully saturated rings. The maximum Gasteiger partial charge on any atom is 0.257 e. The van der Waals surface area contributed by atoms with E-state index in [1.165, 1.54) is 6.26 Å². The van der Waals surface area contributed by atoms with Crippen LogP contribution in [0.1, 0.15) is 41.8 Å². The standard InChI is InChI=1S/C17H24N2O4/c1-13-15(6-10-22-13)17(21)19(11-14-5-4-9-23-14)12-16(20)18-7-2-3-8-18/h6,10,14H,2-5,7-9,11-12H2,1H3/t14-/m0/s1. The van der Waals surface area contributed by atoms with Crippen LogP contribution < -0.4 is 0 Å². The van der Waals surface area contributed by atoms with Gasteiger partial charge in [0.2, 0.25) is 5.91 Å². The van der Waals surface area contributed by atoms with Gasteiger partial charge in [-0.15, -0.1) is 0 Å². The molecule has 6 heteroatoms. The molecule has 0 spiro atoms. The van der Waals surface area contributed by atoms with Crippen molar-refractivity contribution in [2.24, 2.45) is 0 Å². The Kier molecular flexibility index (Phi) is 5.00. The molecular formula is C17H24N2O4. The van der Waals surface area contributed by atoms with E-state index in [2.05, 4.69) is 0 Å². The van der Waals surface area contributed by atoms with E-state index >= 15 is 0 Å². The second kappa shape index (κ2) is 7.17. The van der Waals surface area contributed by atoms with Crippen molar-refractivity contribution < 1.29 is 18.7 Å². The molecular weight excluding hydrogens is 296 g/mol. The fraction of sp³-hybridized carbons (Fsp3) is 0.647. The molecule has 1 atom stereocenters. The number of amides is 2. The average Bonchev–Trinajstić information content (AvgIpc) is 3.28. The first-order valence-electron chi connectivity index (χ1n) is 8.38. The molecule has 2 saturated heterocycles. The summed E-state index contributed by atoms with van der Waals surface area (Å²) in [4.78, 5) is 28.7. The number of carbonyl (C=O) groups excluding carboxylic acids is 2. The molecule has 1 aromatic rings. The molecule has 0 aliphatic carbocycles. The number of ether oxygens (including phenoxy) is 1. The van der Waals surface area contributed by atoms with Crippen molar-refractivity contribution in [2.45, 2.75) is 38.7 Å². The predicted molar refractivity (Wildman–Crippen MR) is 84.1 cm³/mol. The van der Waals surface area contributed by atoms with Gasteiger partial charge in [-0.1, -0.05) is 0 Å². The lowest BCUT2D eigenvalue weighted by Gasteiger charge is -2.27. The van der Waals surface area contributed by atoms with E-state index < -0.39 is 0 Å². The maximum atomic E-state index is 12.8. The summed E-state index contributed by atoms with van der Waals surface area (Å²) in [6.45, 7) is 4.67. The molecule has 3 heterocycles. The van der Waals surface area contributed by atoms with Crippen LogP contribution in [0.15, 0.2) is 16.7 Å². The molecule has 2 aliphatic heterocycles. The molecule has 0 saturated carbocycles. The van der Waals surface area contributed by atoms with E-state index in [4.69, 9.17) is 9.15 Å². The summed E-state index contributed by atoms with van der Waals surface area (Å²) >= 11 is 0. The minimum atomic E-state index is -0.153. The summed E-state index contributed by atoms with van der Waals surface area (Å²) in [7, 11) is 0. The molecule has 2 aliphatic rings. The Labute approximate surface area is 136 Å². The quantitative estimate of drug-likeness (QED) is 0.830. The van der Waals surface area contributed by atoms with Crippen LogP contribution in [0.4, 0.5) is 0 Å². The number of hydrogen-bond donors (Lipinski definition) is 0. The fourth-order valence-corrected chi connectivity index (χ4v) is 3.26. The molecule has 3 rings (SSSR count). The predicted octanol–water partition coefficient (Wildman–Crippen LogP) is 1.83. The summed E-state index contributed by atoms with van der Waals surface area (Å²) in [6.07, 6.45) is 5.58. The molecule has 23 heavy (non-hydrogen) atoms. The Morgan fingerprint density at radius 3 is 2.70 bits per heavy atom. The third kappa shape index (κ3) is 3.75. The van der Waals surface area contributed by atoms with Crippen molar-refractivity contribution in [3.05, 3.63) is 23.7 Å². The molecule has 1 aromatic heterocycles. The van der Waals surface area contributed by atoms with E-state index in [9.17, 15) is 9.59 Å². The second-order valence-electron chi connectivity index (χ2n) is 6.30. The highest BCUT2D eigenvalue weighted by Crippen LogP contribution is 2.18. The topological polar surface area (TPSA) is 63.0 Å². The summed E-state index contributed by atoms with van der Waals surface area (Å²) in [5.74, 6) is 0.454. The minimum Gasteiger partial charge on any atom is -0.469 e. The van der Waals surface area contributed by atoms with Gasteiger partial charge in [0.25, 0.3) is 5.91 Å². The number of furan rings is 1. The Morgan fingerprint density at radius 2 is 2.09 bits per heavy atom. The minimum absolute atomic E-state index is 0.0231. The van der Waals surface area contributed by atoms with Gasteiger partial charge in [-0.2, -0.15) is 0 Å². The van der Waals surface area contributed by atoms with Crippen LogP contribution in [0.2, 0.25) is 0 Å². The number of likely N-dealkylation sites (tertiary alicyclic amines) is 1. The zero-order valence-corrected chi connectivity index (χ0v) is 13.6. The van der Waals surface area contributed by atoms with Gasteiger partial charge in [-0.25, -0.2) is 0 Å². The van der Waals surface area contributed by atoms with E-state index in [1.54, 1.807) is 17.9 Å². The highest BCUT2D eigenvalue weighted by Gasteiger charge is 2.28. The van der Waals surface area contributed by atoms with Gasteiger partial charge < -0.3 is 19.0 Å². The smallest absolute Gasteiger partial charge is 0.257 e. The summed E-state index contributed by atoms with van der Waals surface area (Å²) in [5, 5.41) is 0. The van der Waals surface area contributed by atoms with Crippen molar-refractivity contribution in [1.82, 2.24) is 9.80 Å². The zero-order chi connectivity index (χ0) is 16.2. The van der Waals surface area contributed by atoms with Crippen LogP contribution in [0.5, 0.6) is 0 Å². The molecule has 0 radical (unpaired) electrons. The highest BCUT2D eigenvalue weighted by atomic mass is 16.5. The van der Waals surface area contributed by atoms with Crippen LogP contribution in [-0.2, 0) is 9.53 Å². The van der Waals surface area contributed by atoms with E-state index in [-0.39, 0.29) is 24.5 Å². The van der Waals surface area contributed by atoms with Gasteiger partial charge in [0.15, 0.2) is 0 Å². The normalized spacial score (nSPS) is 20.9. The van der Waals surface area contributed by atoms with Crippen LogP contribution in [-0.4, -0.2) is 60.5 Å². The van der Waals surface area contributed by atoms with E-state index in [1.807, 2.05) is 4.90 Å². The van der Waals surface area contributed by atoms with Crippen molar-refractivity contribution >= 4 is 11.8 Å². The first-order chi connectivity index (χ1) is 11.1. The zero-order valence-electron chi connectivity index (χ0n) is 13.6. The molecule has 0 bridgehead atoms. The van der Waals surface area contributed by atoms with Crippen molar-refractivity contribution in [3.63, 3.8) is 0 Å². The van der Waals surface area contributed by atoms with Gasteiger partial charge in [0, 0.05) is 26.2 Å². The molecule has 0 unspecified atom stereocenters. The Morgan fingerprint density at radius 1 is 1.30 bits per heavy atom. The molecule has 126 valence electrons. The number of aryl methyl sites for hydroxylation is 1. The van der Waals surface area contributed by atoms with Gasteiger partial charge >= 0.3 is 0 Å². The third-order valence-corrected chi connectivity index (χ3v) is 4.61. The van der Waals surface area contributed by atoms with Gasteiger partial charge in [0.05, 0.1) is 17.9 Å². The van der Waals surface area contributed by atoms with Crippen LogP contribution in [0.3, 0.4) is 0 Å². The van der Waals surface area contributed by atoms with Crippen LogP contribution in [0, 0.1) is 6.92 Å². The van der Waals surface area contributed by atoms with Gasteiger partial charge in [0.1, 0.15) is 12.3 Å². The highest BCUT2D eigenvalue weighted by molar-refractivity contribution is 5.97. The largest absolute Gasteiger partial charge is 0.469 e. The first-order valence-corrected chi connectivity index (χ1v) is 8.38. The van der Waals surface area contributed by atoms with Gasteiger partial charge in [-0.05, 0) is 38.7 Å². The molecule has 2 amide bonds. The second-order valence-corrected chi connectivity index (χ2v) is 6.30. The summed E-state index contributed by atoms with van der Waals surface area (Å²) < 4.78 is 10.9. The Balaban J connectivity index is 1.71. The number of carbonyl (C=O) groups is 2. The average molecular weight is 320 g/mol. The monoisotopic (exact) mass is 320 g/mol. The molecule has 0 N–H and O–H groups in total. The van der Waals surface area contributed by atoms with Crippen LogP contribution >= 0.6 is 0 Å². The molecule has 6 nitrogen and oxygen atoms in total. The van der Waals surface area contributed by atoms with Crippen LogP contribution in [0.25, 0.3) is 0 Å². The van der Waals surface area contributed by atoms with Crippen molar-refractivity contribution in [3.8, 4) is 0 Å². The number of rotatable bonds is 5. The SMILES string of the molecule is Cc1occc1C(=O)N(CC(=O)N1CCCC1)C[C@@H]1CCCO1. The summed E-state index contributed by atoms with van der Waals surface area (Å²) in [6, 6.07) is 1.67. The lowest BCUT2D eigenvalue weighted by Crippen LogP contribution is -2.45. The lowest BCUT2D eigenvalue weighted by atomic mass is 10.2. The number of hydrogen-bond acceptors (Lipinski definition) is 4. The Hall–Kier alpha value is -1.82. The lowest BCUT2D eigenvalue weighted by molar-refractivity contribution is -0.131. The fourth-order valence-electron chi connectivity index (χ4n) is 3.26. The van der Waals surface area contributed by atoms with E-state index in [0.717, 1.165) is 45.4 Å². The maximum absolute atomic E-state index is 12.8. The number of nitrogens with zero attached hydrogens (tertiary/aromatic N) is 2. The Bertz CT molecular complexity index is 557. The summed E-state index contributed by atoms with van der Waals surface area (Å²) in [5.41, 5.74) is 0.525. The first kappa shape index (κ1) is 16.1. The third-order valence-electron chi connectivity index (χ3n) is 4.61. The van der Waals surface area contributed by atoms with E-state index in [0.29, 0.717) is 17.9 Å². The molecule has 0 aromatic carbocycles. The van der Waals surface area contributed by atoms with Crippen molar-refractivity contribution in [2.75, 3.05) is 32.8 Å². The van der Waals surface area contributed by atoms with Gasteiger partial charge in [-0.3, -0.25) is 9.59 Å².